The van der Waals surface area contributed by atoms with E-state index in [4.69, 9.17) is 22.0 Å². The summed E-state index contributed by atoms with van der Waals surface area (Å²) in [7, 11) is 0. The number of carbonyl (C=O) groups excluding carboxylic acids is 2. The van der Waals surface area contributed by atoms with E-state index in [-0.39, 0.29) is 47.3 Å². The number of nitrogens with two attached hydrogens (primary N) is 2. The topological polar surface area (TPSA) is 209 Å². The molecule has 56 heavy (non-hydrogen) atoms. The Morgan fingerprint density at radius 3 is 1.45 bits per heavy atom. The maximum absolute atomic E-state index is 12.5. The molecule has 2 fully saturated rings. The lowest BCUT2D eigenvalue weighted by Crippen LogP contribution is -2.16. The summed E-state index contributed by atoms with van der Waals surface area (Å²) in [5, 5.41) is 27.0. The molecule has 0 unspecified atom stereocenters. The number of benzene rings is 2. The van der Waals surface area contributed by atoms with Gasteiger partial charge >= 0.3 is 0 Å². The van der Waals surface area contributed by atoms with E-state index in [0.29, 0.717) is 35.9 Å². The normalized spacial score (nSPS) is 20.5. The van der Waals surface area contributed by atoms with E-state index in [2.05, 4.69) is 42.7 Å². The van der Waals surface area contributed by atoms with Crippen LogP contribution in [0.25, 0.3) is 43.8 Å². The molecule has 0 aliphatic heterocycles. The van der Waals surface area contributed by atoms with E-state index in [1.165, 1.54) is 0 Å². The molecule has 2 saturated carbocycles. The number of rotatable bonds is 8. The molecule has 6 atom stereocenters. The summed E-state index contributed by atoms with van der Waals surface area (Å²) in [4.78, 5) is 42.1. The average Bonchev–Trinajstić information content (AvgIpc) is 4.04. The third kappa shape index (κ3) is 7.55. The first-order valence-corrected chi connectivity index (χ1v) is 18.5. The van der Waals surface area contributed by atoms with Gasteiger partial charge in [0.15, 0.2) is 0 Å². The van der Waals surface area contributed by atoms with E-state index >= 15 is 0 Å². The molecule has 6 aromatic rings. The summed E-state index contributed by atoms with van der Waals surface area (Å²) in [5.74, 6) is 1.34. The molecule has 2 aliphatic rings. The molecule has 12 nitrogen and oxygen atoms in total. The second kappa shape index (κ2) is 15.4. The molecule has 4 aromatic heterocycles. The van der Waals surface area contributed by atoms with Crippen molar-refractivity contribution in [3.8, 4) is 34.4 Å². The third-order valence-electron chi connectivity index (χ3n) is 11.3. The number of carbonyl (C=O) groups is 2. The van der Waals surface area contributed by atoms with Crippen molar-refractivity contribution in [3.05, 3.63) is 96.8 Å². The molecule has 0 spiro atoms. The fourth-order valence-corrected chi connectivity index (χ4v) is 7.77. The van der Waals surface area contributed by atoms with Crippen LogP contribution < -0.4 is 22.1 Å². The van der Waals surface area contributed by atoms with Crippen molar-refractivity contribution < 1.29 is 9.59 Å². The molecule has 2 amide bonds. The van der Waals surface area contributed by atoms with E-state index in [0.717, 1.165) is 54.9 Å². The number of hydrogen-bond donors (Lipinski definition) is 4. The van der Waals surface area contributed by atoms with Gasteiger partial charge in [0, 0.05) is 95.1 Å². The summed E-state index contributed by atoms with van der Waals surface area (Å²) in [5.41, 5.74) is 20.0. The van der Waals surface area contributed by atoms with Crippen LogP contribution in [0.4, 0.5) is 23.0 Å². The van der Waals surface area contributed by atoms with Crippen molar-refractivity contribution in [1.29, 1.82) is 10.5 Å². The molecule has 4 heterocycles. The predicted molar refractivity (Wildman–Crippen MR) is 218 cm³/mol. The Hall–Kier alpha value is -6.92. The lowest BCUT2D eigenvalue weighted by Gasteiger charge is -2.11. The van der Waals surface area contributed by atoms with E-state index < -0.39 is 0 Å². The number of nitriles is 2. The predicted octanol–water partition coefficient (Wildman–Crippen LogP) is 7.84. The van der Waals surface area contributed by atoms with Crippen molar-refractivity contribution in [3.63, 3.8) is 0 Å². The maximum Gasteiger partial charge on any atom is 0.229 e. The van der Waals surface area contributed by atoms with Gasteiger partial charge in [-0.15, -0.1) is 0 Å². The van der Waals surface area contributed by atoms with Gasteiger partial charge < -0.3 is 22.1 Å². The minimum Gasteiger partial charge on any atom is -0.398 e. The fourth-order valence-electron chi connectivity index (χ4n) is 7.77. The van der Waals surface area contributed by atoms with Gasteiger partial charge in [-0.2, -0.15) is 10.5 Å². The number of hydrogen-bond acceptors (Lipinski definition) is 10. The minimum atomic E-state index is -0.119. The number of fused-ring (bicyclic) bond motifs is 2. The van der Waals surface area contributed by atoms with Crippen LogP contribution in [0, 0.1) is 72.0 Å². The number of nitrogen functional groups attached to an aromatic ring is 2. The molecular formula is C44H42N10O2. The Bertz CT molecular complexity index is 2410. The van der Waals surface area contributed by atoms with Gasteiger partial charge in [-0.25, -0.2) is 9.97 Å². The van der Waals surface area contributed by atoms with Crippen molar-refractivity contribution >= 4 is 56.4 Å². The number of anilines is 4. The van der Waals surface area contributed by atoms with Crippen LogP contribution in [0.3, 0.4) is 0 Å². The van der Waals surface area contributed by atoms with Gasteiger partial charge in [-0.05, 0) is 119 Å². The molecule has 0 radical (unpaired) electrons. The van der Waals surface area contributed by atoms with Crippen LogP contribution in [0.1, 0.15) is 37.8 Å². The largest absolute Gasteiger partial charge is 0.398 e. The first-order valence-electron chi connectivity index (χ1n) is 18.5. The zero-order valence-electron chi connectivity index (χ0n) is 31.6. The van der Waals surface area contributed by atoms with E-state index in [1.807, 2.05) is 88.6 Å². The molecule has 8 rings (SSSR count). The van der Waals surface area contributed by atoms with Crippen molar-refractivity contribution in [2.24, 2.45) is 35.5 Å². The molecule has 6 N–H and O–H groups in total. The molecule has 280 valence electrons. The SMILES string of the molecule is Cc1ccncc1-c1cc(N)c2cnc(NC(=O)[C@H]3[C@@H](C)[C@@H]3CC#N)cc2c1.Cc1ccncc1-c1cc(N)c2cnc(NC(=O)[C@H]3[C@H](C)[C@@H]3CC#N)cc2c1. The van der Waals surface area contributed by atoms with Crippen LogP contribution in [0.2, 0.25) is 0 Å². The van der Waals surface area contributed by atoms with Crippen LogP contribution in [-0.4, -0.2) is 31.8 Å². The van der Waals surface area contributed by atoms with Crippen LogP contribution in [0.15, 0.2) is 85.7 Å². The Morgan fingerprint density at radius 2 is 1.07 bits per heavy atom. The first kappa shape index (κ1) is 37.4. The Labute approximate surface area is 325 Å². The smallest absolute Gasteiger partial charge is 0.229 e. The van der Waals surface area contributed by atoms with Gasteiger partial charge in [0.2, 0.25) is 11.8 Å². The second-order valence-corrected chi connectivity index (χ2v) is 14.9. The standard InChI is InChI=1S/2C22H21N5O/c2*1-12-4-6-25-10-17(12)14-7-15-9-20(26-11-18(15)19(24)8-14)27-22(28)21-13(2)16(21)3-5-23/h2*4,6-11,13,16,21H,3,24H2,1-2H3,(H,26,27,28)/t13-,16+,21+;13-,16-,21-/m10/s1. The van der Waals surface area contributed by atoms with Crippen LogP contribution in [0.5, 0.6) is 0 Å². The minimum absolute atomic E-state index is 0.0770. The summed E-state index contributed by atoms with van der Waals surface area (Å²) in [6.45, 7) is 8.07. The zero-order chi connectivity index (χ0) is 39.7. The summed E-state index contributed by atoms with van der Waals surface area (Å²) in [6.07, 6.45) is 11.4. The first-order chi connectivity index (χ1) is 27.0. The summed E-state index contributed by atoms with van der Waals surface area (Å²) < 4.78 is 0. The van der Waals surface area contributed by atoms with E-state index in [1.54, 1.807) is 24.8 Å². The highest BCUT2D eigenvalue weighted by Crippen LogP contribution is 2.49. The number of aryl methyl sites for hydroxylation is 2. The number of amides is 2. The highest BCUT2D eigenvalue weighted by atomic mass is 16.2. The second-order valence-electron chi connectivity index (χ2n) is 14.9. The van der Waals surface area contributed by atoms with Gasteiger partial charge in [0.1, 0.15) is 11.6 Å². The Kier molecular flexibility index (Phi) is 10.3. The lowest BCUT2D eigenvalue weighted by atomic mass is 9.99. The average molecular weight is 743 g/mol. The molecule has 2 aliphatic carbocycles. The Balaban J connectivity index is 0.000000172. The molecule has 12 heteroatoms. The van der Waals surface area contributed by atoms with Gasteiger partial charge in [0.05, 0.1) is 12.1 Å². The highest BCUT2D eigenvalue weighted by Gasteiger charge is 2.52. The number of aromatic nitrogens is 4. The molecule has 0 saturated heterocycles. The zero-order valence-corrected chi connectivity index (χ0v) is 31.6. The number of nitrogens with zero attached hydrogens (tertiary/aromatic N) is 6. The van der Waals surface area contributed by atoms with Gasteiger partial charge in [-0.3, -0.25) is 19.6 Å². The van der Waals surface area contributed by atoms with E-state index in [9.17, 15) is 9.59 Å². The molecular weight excluding hydrogens is 701 g/mol. The summed E-state index contributed by atoms with van der Waals surface area (Å²) >= 11 is 0. The van der Waals surface area contributed by atoms with Crippen molar-refractivity contribution in [2.45, 2.75) is 40.5 Å². The highest BCUT2D eigenvalue weighted by molar-refractivity contribution is 6.01. The summed E-state index contributed by atoms with van der Waals surface area (Å²) in [6, 6.07) is 19.8. The van der Waals surface area contributed by atoms with Crippen molar-refractivity contribution in [2.75, 3.05) is 22.1 Å². The Morgan fingerprint density at radius 1 is 0.661 bits per heavy atom. The fraction of sp³-hybridized carbons (Fsp3) is 0.273. The lowest BCUT2D eigenvalue weighted by molar-refractivity contribution is -0.118. The monoisotopic (exact) mass is 742 g/mol. The van der Waals surface area contributed by atoms with Gasteiger partial charge in [-0.1, -0.05) is 13.8 Å². The molecule has 0 bridgehead atoms. The quantitative estimate of drug-likeness (QED) is 0.111. The van der Waals surface area contributed by atoms with Crippen LogP contribution >= 0.6 is 0 Å². The number of pyridine rings is 4. The molecule has 2 aromatic carbocycles. The third-order valence-corrected chi connectivity index (χ3v) is 11.3. The maximum atomic E-state index is 12.5. The van der Waals surface area contributed by atoms with Crippen molar-refractivity contribution in [1.82, 2.24) is 19.9 Å². The van der Waals surface area contributed by atoms with Gasteiger partial charge in [0.25, 0.3) is 0 Å². The number of nitrogens with one attached hydrogen (secondary N) is 2. The van der Waals surface area contributed by atoms with Crippen LogP contribution in [-0.2, 0) is 9.59 Å².